The summed E-state index contributed by atoms with van der Waals surface area (Å²) in [5, 5.41) is 2.45. The Morgan fingerprint density at radius 3 is 2.34 bits per heavy atom. The lowest BCUT2D eigenvalue weighted by Gasteiger charge is -2.21. The van der Waals surface area contributed by atoms with Gasteiger partial charge in [-0.15, -0.1) is 0 Å². The van der Waals surface area contributed by atoms with Crippen LogP contribution < -0.4 is 9.47 Å². The van der Waals surface area contributed by atoms with E-state index in [2.05, 4.69) is 72.6 Å². The molecule has 5 rings (SSSR count). The van der Waals surface area contributed by atoms with Gasteiger partial charge in [-0.05, 0) is 77.8 Å². The number of hydrogen-bond donors (Lipinski definition) is 0. The van der Waals surface area contributed by atoms with Crippen LogP contribution in [0.2, 0.25) is 0 Å². The van der Waals surface area contributed by atoms with Gasteiger partial charge in [-0.2, -0.15) is 0 Å². The number of nitrogens with zero attached hydrogens (tertiary/aromatic N) is 1. The molecule has 0 amide bonds. The van der Waals surface area contributed by atoms with Crippen molar-refractivity contribution in [3.63, 3.8) is 0 Å². The number of pyridine rings is 1. The number of fused-ring (bicyclic) bond motifs is 1. The molecule has 1 aliphatic carbocycles. The molecular weight excluding hydrogens is 394 g/mol. The molecule has 0 atom stereocenters. The molecule has 0 spiro atoms. The van der Waals surface area contributed by atoms with Gasteiger partial charge in [0.15, 0.2) is 11.5 Å². The zero-order valence-corrected chi connectivity index (χ0v) is 18.8. The maximum atomic E-state index is 6.47. The largest absolute Gasteiger partial charge is 0.493 e. The summed E-state index contributed by atoms with van der Waals surface area (Å²) in [4.78, 5) is 4.67. The van der Waals surface area contributed by atoms with Crippen LogP contribution in [-0.4, -0.2) is 18.2 Å². The molecule has 1 fully saturated rings. The number of rotatable bonds is 6. The first kappa shape index (κ1) is 20.6. The number of aryl methyl sites for hydroxylation is 1. The van der Waals surface area contributed by atoms with Gasteiger partial charge < -0.3 is 9.47 Å². The van der Waals surface area contributed by atoms with Gasteiger partial charge in [-0.1, -0.05) is 55.5 Å². The highest BCUT2D eigenvalue weighted by Gasteiger charge is 2.22. The molecule has 0 unspecified atom stereocenters. The molecule has 0 aliphatic heterocycles. The number of benzene rings is 3. The average molecular weight is 424 g/mol. The molecule has 162 valence electrons. The van der Waals surface area contributed by atoms with Crippen LogP contribution in [0.1, 0.15) is 38.3 Å². The van der Waals surface area contributed by atoms with Gasteiger partial charge in [0.2, 0.25) is 0 Å². The standard InChI is InChI=1S/C29H29NO2/c1-3-27-24(16-9-17-30-27)26-19-29(32-21-12-5-6-13-21)28(31-2)18-25(26)23-15-8-11-20-10-4-7-14-22(20)23/h4,7-11,14-19,21H,3,5-6,12-13H2,1-2H3. The van der Waals surface area contributed by atoms with Crippen LogP contribution in [-0.2, 0) is 6.42 Å². The van der Waals surface area contributed by atoms with Crippen molar-refractivity contribution in [2.45, 2.75) is 45.1 Å². The molecular formula is C29H29NO2. The number of methoxy groups -OCH3 is 1. The highest BCUT2D eigenvalue weighted by molar-refractivity contribution is 6.01. The van der Waals surface area contributed by atoms with Crippen molar-refractivity contribution in [2.75, 3.05) is 7.11 Å². The van der Waals surface area contributed by atoms with Crippen LogP contribution in [0, 0.1) is 0 Å². The van der Waals surface area contributed by atoms with Crippen LogP contribution >= 0.6 is 0 Å². The quantitative estimate of drug-likeness (QED) is 0.322. The zero-order chi connectivity index (χ0) is 21.9. The van der Waals surface area contributed by atoms with E-state index in [1.54, 1.807) is 7.11 Å². The Morgan fingerprint density at radius 2 is 1.53 bits per heavy atom. The Balaban J connectivity index is 1.76. The van der Waals surface area contributed by atoms with E-state index in [9.17, 15) is 0 Å². The Labute approximate surface area is 190 Å². The number of ether oxygens (including phenoxy) is 2. The number of hydrogen-bond acceptors (Lipinski definition) is 3. The molecule has 0 bridgehead atoms. The van der Waals surface area contributed by atoms with E-state index >= 15 is 0 Å². The van der Waals surface area contributed by atoms with Crippen molar-refractivity contribution in [2.24, 2.45) is 0 Å². The summed E-state index contributed by atoms with van der Waals surface area (Å²) in [5.74, 6) is 1.61. The minimum absolute atomic E-state index is 0.264. The minimum atomic E-state index is 0.264. The summed E-state index contributed by atoms with van der Waals surface area (Å²) in [6.45, 7) is 2.16. The van der Waals surface area contributed by atoms with Crippen molar-refractivity contribution < 1.29 is 9.47 Å². The lowest BCUT2D eigenvalue weighted by atomic mass is 9.90. The molecule has 1 heterocycles. The minimum Gasteiger partial charge on any atom is -0.493 e. The Hall–Kier alpha value is -3.33. The second kappa shape index (κ2) is 9.04. The molecule has 32 heavy (non-hydrogen) atoms. The fraction of sp³-hybridized carbons (Fsp3) is 0.276. The van der Waals surface area contributed by atoms with Crippen molar-refractivity contribution in [1.82, 2.24) is 4.98 Å². The van der Waals surface area contributed by atoms with E-state index in [-0.39, 0.29) is 6.10 Å². The van der Waals surface area contributed by atoms with Crippen molar-refractivity contribution >= 4 is 10.8 Å². The lowest BCUT2D eigenvalue weighted by Crippen LogP contribution is -2.12. The summed E-state index contributed by atoms with van der Waals surface area (Å²) in [7, 11) is 1.73. The molecule has 1 aromatic heterocycles. The Kier molecular flexibility index (Phi) is 5.81. The zero-order valence-electron chi connectivity index (χ0n) is 18.8. The molecule has 3 aromatic carbocycles. The third kappa shape index (κ3) is 3.84. The molecule has 0 N–H and O–H groups in total. The Bertz CT molecular complexity index is 1240. The van der Waals surface area contributed by atoms with Crippen LogP contribution in [0.5, 0.6) is 11.5 Å². The van der Waals surface area contributed by atoms with Crippen LogP contribution in [0.3, 0.4) is 0 Å². The highest BCUT2D eigenvalue weighted by Crippen LogP contribution is 2.44. The highest BCUT2D eigenvalue weighted by atomic mass is 16.5. The molecule has 3 heteroatoms. The van der Waals surface area contributed by atoms with Gasteiger partial charge in [-0.25, -0.2) is 0 Å². The maximum Gasteiger partial charge on any atom is 0.162 e. The van der Waals surface area contributed by atoms with E-state index in [4.69, 9.17) is 9.47 Å². The topological polar surface area (TPSA) is 31.4 Å². The monoisotopic (exact) mass is 423 g/mol. The lowest BCUT2D eigenvalue weighted by molar-refractivity contribution is 0.201. The van der Waals surface area contributed by atoms with Crippen molar-refractivity contribution in [3.05, 3.63) is 78.6 Å². The van der Waals surface area contributed by atoms with Gasteiger partial charge in [-0.3, -0.25) is 4.98 Å². The van der Waals surface area contributed by atoms with E-state index < -0.39 is 0 Å². The second-order valence-corrected chi connectivity index (χ2v) is 8.45. The van der Waals surface area contributed by atoms with Crippen LogP contribution in [0.4, 0.5) is 0 Å². The maximum absolute atomic E-state index is 6.47. The van der Waals surface area contributed by atoms with Gasteiger partial charge >= 0.3 is 0 Å². The fourth-order valence-electron chi connectivity index (χ4n) is 4.87. The molecule has 1 aliphatic rings. The summed E-state index contributed by atoms with van der Waals surface area (Å²) >= 11 is 0. The van der Waals surface area contributed by atoms with Gasteiger partial charge in [0.25, 0.3) is 0 Å². The molecule has 0 radical (unpaired) electrons. The second-order valence-electron chi connectivity index (χ2n) is 8.45. The van der Waals surface area contributed by atoms with Gasteiger partial charge in [0.1, 0.15) is 0 Å². The normalized spacial score (nSPS) is 14.1. The van der Waals surface area contributed by atoms with Gasteiger partial charge in [0.05, 0.1) is 13.2 Å². The summed E-state index contributed by atoms with van der Waals surface area (Å²) < 4.78 is 12.3. The Morgan fingerprint density at radius 1 is 0.812 bits per heavy atom. The van der Waals surface area contributed by atoms with Crippen molar-refractivity contribution in [1.29, 1.82) is 0 Å². The summed E-state index contributed by atoms with van der Waals surface area (Å²) in [5.41, 5.74) is 5.71. The third-order valence-corrected chi connectivity index (χ3v) is 6.49. The molecule has 1 saturated carbocycles. The SMILES string of the molecule is CCc1ncccc1-c1cc(OC2CCCC2)c(OC)cc1-c1cccc2ccccc12. The van der Waals surface area contributed by atoms with E-state index in [1.807, 2.05) is 12.3 Å². The first-order valence-corrected chi connectivity index (χ1v) is 11.6. The molecule has 0 saturated heterocycles. The predicted molar refractivity (Wildman–Crippen MR) is 131 cm³/mol. The summed E-state index contributed by atoms with van der Waals surface area (Å²) in [6.07, 6.45) is 7.69. The van der Waals surface area contributed by atoms with E-state index in [1.165, 1.54) is 29.2 Å². The smallest absolute Gasteiger partial charge is 0.162 e. The molecule has 3 nitrogen and oxygen atoms in total. The van der Waals surface area contributed by atoms with Gasteiger partial charge in [0, 0.05) is 17.5 Å². The van der Waals surface area contributed by atoms with E-state index in [0.717, 1.165) is 53.1 Å². The number of aromatic nitrogens is 1. The first-order chi connectivity index (χ1) is 15.8. The van der Waals surface area contributed by atoms with E-state index in [0.29, 0.717) is 0 Å². The fourth-order valence-corrected chi connectivity index (χ4v) is 4.87. The van der Waals surface area contributed by atoms with Crippen LogP contribution in [0.25, 0.3) is 33.0 Å². The van der Waals surface area contributed by atoms with Crippen LogP contribution in [0.15, 0.2) is 72.9 Å². The average Bonchev–Trinajstić information content (AvgIpc) is 3.36. The summed E-state index contributed by atoms with van der Waals surface area (Å²) in [6, 6.07) is 23.5. The molecule has 4 aromatic rings. The third-order valence-electron chi connectivity index (χ3n) is 6.49. The predicted octanol–water partition coefficient (Wildman–Crippen LogP) is 7.46. The van der Waals surface area contributed by atoms with Crippen molar-refractivity contribution in [3.8, 4) is 33.8 Å². The first-order valence-electron chi connectivity index (χ1n) is 11.6.